The van der Waals surface area contributed by atoms with Gasteiger partial charge in [-0.25, -0.2) is 9.69 Å². The summed E-state index contributed by atoms with van der Waals surface area (Å²) in [4.78, 5) is 39.0. The number of amides is 4. The van der Waals surface area contributed by atoms with Gasteiger partial charge in [-0.1, -0.05) is 28.1 Å². The number of carbonyl (C=O) groups is 3. The van der Waals surface area contributed by atoms with Crippen LogP contribution in [0.4, 0.5) is 10.5 Å². The number of nitrogens with one attached hydrogen (secondary N) is 1. The van der Waals surface area contributed by atoms with Crippen molar-refractivity contribution in [2.45, 2.75) is 13.5 Å². The van der Waals surface area contributed by atoms with Crippen LogP contribution in [0.2, 0.25) is 0 Å². The molecule has 3 aromatic carbocycles. The van der Waals surface area contributed by atoms with Crippen LogP contribution < -0.4 is 24.4 Å². The van der Waals surface area contributed by atoms with Crippen LogP contribution in [0, 0.1) is 0 Å². The summed E-state index contributed by atoms with van der Waals surface area (Å²) in [5, 5.41) is 2.22. The number of barbiturate groups is 1. The van der Waals surface area contributed by atoms with Gasteiger partial charge in [0.15, 0.2) is 0 Å². The van der Waals surface area contributed by atoms with Gasteiger partial charge in [0.1, 0.15) is 29.4 Å². The molecule has 9 heteroatoms. The van der Waals surface area contributed by atoms with E-state index in [1.165, 1.54) is 13.2 Å². The van der Waals surface area contributed by atoms with Crippen molar-refractivity contribution in [3.8, 4) is 17.2 Å². The van der Waals surface area contributed by atoms with Gasteiger partial charge in [0.05, 0.1) is 19.4 Å². The first-order valence-corrected chi connectivity index (χ1v) is 11.9. The average molecular weight is 551 g/mol. The zero-order valence-electron chi connectivity index (χ0n) is 19.6. The maximum Gasteiger partial charge on any atom is 0.335 e. The number of hydrogen-bond acceptors (Lipinski definition) is 6. The summed E-state index contributed by atoms with van der Waals surface area (Å²) in [6.07, 6.45) is 1.42. The highest BCUT2D eigenvalue weighted by Crippen LogP contribution is 2.27. The second-order valence-corrected chi connectivity index (χ2v) is 8.61. The van der Waals surface area contributed by atoms with E-state index in [1.807, 2.05) is 31.2 Å². The Bertz CT molecular complexity index is 1320. The predicted octanol–water partition coefficient (Wildman–Crippen LogP) is 5.10. The molecule has 0 unspecified atom stereocenters. The van der Waals surface area contributed by atoms with Crippen LogP contribution in [0.25, 0.3) is 6.08 Å². The lowest BCUT2D eigenvalue weighted by Gasteiger charge is -2.26. The number of rotatable bonds is 8. The highest BCUT2D eigenvalue weighted by molar-refractivity contribution is 9.10. The number of ether oxygens (including phenoxy) is 3. The minimum Gasteiger partial charge on any atom is -0.496 e. The molecule has 0 aliphatic carbocycles. The maximum atomic E-state index is 13.2. The standard InChI is InChI=1S/C27H23BrN2O6/c1-3-35-21-12-8-20(9-13-21)30-26(32)23(25(31)29-27(30)33)14-17-4-5-18(24(15-17)34-2)16-36-22-10-6-19(28)7-11-22/h4-15H,3,16H2,1-2H3,(H,29,31,33). The second kappa shape index (κ2) is 11.1. The van der Waals surface area contributed by atoms with Crippen molar-refractivity contribution in [3.63, 3.8) is 0 Å². The molecule has 1 N–H and O–H groups in total. The Kier molecular flexibility index (Phi) is 7.70. The third-order valence-electron chi connectivity index (χ3n) is 5.34. The first-order chi connectivity index (χ1) is 17.4. The van der Waals surface area contributed by atoms with E-state index in [4.69, 9.17) is 14.2 Å². The number of methoxy groups -OCH3 is 1. The monoisotopic (exact) mass is 550 g/mol. The number of halogens is 1. The number of imide groups is 2. The number of carbonyl (C=O) groups excluding carboxylic acids is 3. The van der Waals surface area contributed by atoms with E-state index < -0.39 is 17.8 Å². The largest absolute Gasteiger partial charge is 0.496 e. The zero-order valence-corrected chi connectivity index (χ0v) is 21.2. The topological polar surface area (TPSA) is 94.2 Å². The van der Waals surface area contributed by atoms with Crippen LogP contribution in [0.1, 0.15) is 18.1 Å². The molecule has 1 aliphatic rings. The lowest BCUT2D eigenvalue weighted by Crippen LogP contribution is -2.54. The molecule has 4 amide bonds. The molecule has 1 aliphatic heterocycles. The molecular formula is C27H23BrN2O6. The van der Waals surface area contributed by atoms with Crippen LogP contribution in [0.3, 0.4) is 0 Å². The zero-order chi connectivity index (χ0) is 25.7. The first-order valence-electron chi connectivity index (χ1n) is 11.1. The summed E-state index contributed by atoms with van der Waals surface area (Å²) in [7, 11) is 1.53. The molecule has 0 bridgehead atoms. The number of anilines is 1. The molecular weight excluding hydrogens is 528 g/mol. The van der Waals surface area contributed by atoms with E-state index in [0.29, 0.717) is 35.1 Å². The summed E-state index contributed by atoms with van der Waals surface area (Å²) in [6, 6.07) is 18.4. The molecule has 0 radical (unpaired) electrons. The second-order valence-electron chi connectivity index (χ2n) is 7.70. The fraction of sp³-hybridized carbons (Fsp3) is 0.148. The Labute approximate surface area is 216 Å². The fourth-order valence-electron chi connectivity index (χ4n) is 3.58. The van der Waals surface area contributed by atoms with Crippen LogP contribution in [-0.4, -0.2) is 31.6 Å². The van der Waals surface area contributed by atoms with Gasteiger partial charge in [-0.2, -0.15) is 0 Å². The third-order valence-corrected chi connectivity index (χ3v) is 5.87. The number of nitrogens with zero attached hydrogens (tertiary/aromatic N) is 1. The highest BCUT2D eigenvalue weighted by Gasteiger charge is 2.36. The minimum atomic E-state index is -0.815. The number of urea groups is 1. The molecule has 36 heavy (non-hydrogen) atoms. The smallest absolute Gasteiger partial charge is 0.335 e. The van der Waals surface area contributed by atoms with Gasteiger partial charge in [0, 0.05) is 10.0 Å². The molecule has 1 heterocycles. The molecule has 0 spiro atoms. The van der Waals surface area contributed by atoms with Gasteiger partial charge in [-0.3, -0.25) is 14.9 Å². The molecule has 0 aromatic heterocycles. The van der Waals surface area contributed by atoms with Crippen LogP contribution in [0.15, 0.2) is 76.8 Å². The molecule has 3 aromatic rings. The van der Waals surface area contributed by atoms with Crippen molar-refractivity contribution in [1.82, 2.24) is 5.32 Å². The van der Waals surface area contributed by atoms with Gasteiger partial charge < -0.3 is 14.2 Å². The van der Waals surface area contributed by atoms with E-state index in [-0.39, 0.29) is 12.2 Å². The lowest BCUT2D eigenvalue weighted by molar-refractivity contribution is -0.122. The normalized spacial score (nSPS) is 14.6. The Hall–Kier alpha value is -4.11. The summed E-state index contributed by atoms with van der Waals surface area (Å²) >= 11 is 3.39. The molecule has 1 fully saturated rings. The van der Waals surface area contributed by atoms with Gasteiger partial charge >= 0.3 is 6.03 Å². The van der Waals surface area contributed by atoms with Crippen molar-refractivity contribution in [3.05, 3.63) is 87.9 Å². The Morgan fingerprint density at radius 1 is 0.917 bits per heavy atom. The highest BCUT2D eigenvalue weighted by atomic mass is 79.9. The Morgan fingerprint density at radius 3 is 2.25 bits per heavy atom. The van der Waals surface area contributed by atoms with Crippen LogP contribution in [-0.2, 0) is 16.2 Å². The quantitative estimate of drug-likeness (QED) is 0.309. The van der Waals surface area contributed by atoms with Crippen molar-refractivity contribution in [2.75, 3.05) is 18.6 Å². The average Bonchev–Trinajstić information content (AvgIpc) is 2.87. The van der Waals surface area contributed by atoms with E-state index >= 15 is 0 Å². The van der Waals surface area contributed by atoms with E-state index in [1.54, 1.807) is 42.5 Å². The lowest BCUT2D eigenvalue weighted by atomic mass is 10.0. The first kappa shape index (κ1) is 25.0. The van der Waals surface area contributed by atoms with Crippen molar-refractivity contribution >= 4 is 45.5 Å². The predicted molar refractivity (Wildman–Crippen MR) is 138 cm³/mol. The van der Waals surface area contributed by atoms with Gasteiger partial charge in [0.2, 0.25) is 0 Å². The molecule has 4 rings (SSSR count). The maximum absolute atomic E-state index is 13.2. The summed E-state index contributed by atoms with van der Waals surface area (Å²) in [5.41, 5.74) is 1.48. The molecule has 0 saturated carbocycles. The van der Waals surface area contributed by atoms with E-state index in [2.05, 4.69) is 21.2 Å². The Balaban J connectivity index is 1.56. The molecule has 8 nitrogen and oxygen atoms in total. The number of benzene rings is 3. The summed E-state index contributed by atoms with van der Waals surface area (Å²) in [6.45, 7) is 2.61. The fourth-order valence-corrected chi connectivity index (χ4v) is 3.84. The summed E-state index contributed by atoms with van der Waals surface area (Å²) < 4.78 is 17.7. The SMILES string of the molecule is CCOc1ccc(N2C(=O)NC(=O)C(=Cc3ccc(COc4ccc(Br)cc4)c(OC)c3)C2=O)cc1. The Morgan fingerprint density at radius 2 is 1.58 bits per heavy atom. The molecule has 184 valence electrons. The van der Waals surface area contributed by atoms with Crippen molar-refractivity contribution < 1.29 is 28.6 Å². The van der Waals surface area contributed by atoms with Crippen molar-refractivity contribution in [1.29, 1.82) is 0 Å². The summed E-state index contributed by atoms with van der Waals surface area (Å²) in [5.74, 6) is 0.345. The van der Waals surface area contributed by atoms with Gasteiger partial charge in [-0.05, 0) is 73.2 Å². The molecule has 1 saturated heterocycles. The third kappa shape index (κ3) is 5.58. The van der Waals surface area contributed by atoms with Crippen LogP contribution in [0.5, 0.6) is 17.2 Å². The number of hydrogen-bond donors (Lipinski definition) is 1. The van der Waals surface area contributed by atoms with E-state index in [9.17, 15) is 14.4 Å². The minimum absolute atomic E-state index is 0.176. The molecule has 0 atom stereocenters. The van der Waals surface area contributed by atoms with Crippen LogP contribution >= 0.6 is 15.9 Å². The van der Waals surface area contributed by atoms with Gasteiger partial charge in [-0.15, -0.1) is 0 Å². The van der Waals surface area contributed by atoms with E-state index in [0.717, 1.165) is 14.9 Å². The van der Waals surface area contributed by atoms with Crippen molar-refractivity contribution in [2.24, 2.45) is 0 Å². The van der Waals surface area contributed by atoms with Gasteiger partial charge in [0.25, 0.3) is 11.8 Å².